The third-order valence-corrected chi connectivity index (χ3v) is 10.6. The molecule has 9 nitrogen and oxygen atoms in total. The zero-order valence-electron chi connectivity index (χ0n) is 28.0. The van der Waals surface area contributed by atoms with Gasteiger partial charge in [0.2, 0.25) is 17.7 Å². The first-order chi connectivity index (χ1) is 21.5. The number of hydrogen-bond acceptors (Lipinski definition) is 6. The number of likely N-dealkylation sites (tertiary alicyclic amines) is 1. The van der Waals surface area contributed by atoms with Crippen LogP contribution in [0, 0.1) is 23.7 Å². The van der Waals surface area contributed by atoms with Crippen molar-refractivity contribution in [3.8, 4) is 5.75 Å². The van der Waals surface area contributed by atoms with Gasteiger partial charge in [-0.15, -0.1) is 13.2 Å². The largest absolute Gasteiger partial charge is 0.494 e. The van der Waals surface area contributed by atoms with Crippen molar-refractivity contribution >= 4 is 23.4 Å². The zero-order valence-corrected chi connectivity index (χ0v) is 28.0. The SMILES string of the molecule is C=CCN(CCCC)C(=O)C1N([C@@H](CO)[C@@H](C)CC)C(=O)[C@@H]2[C@@H](C(=O)N(CC=C)c3ccc(OCC)cc3)[C@]3(C)OC12CC3C. The molecule has 3 aliphatic rings. The van der Waals surface area contributed by atoms with Gasteiger partial charge in [-0.05, 0) is 62.8 Å². The average molecular weight is 624 g/mol. The van der Waals surface area contributed by atoms with Crippen LogP contribution in [0.25, 0.3) is 0 Å². The predicted octanol–water partition coefficient (Wildman–Crippen LogP) is 4.84. The quantitative estimate of drug-likeness (QED) is 0.265. The monoisotopic (exact) mass is 623 g/mol. The molecule has 3 saturated heterocycles. The Morgan fingerprint density at radius 3 is 2.38 bits per heavy atom. The van der Waals surface area contributed by atoms with Crippen molar-refractivity contribution in [1.29, 1.82) is 0 Å². The van der Waals surface area contributed by atoms with Gasteiger partial charge >= 0.3 is 0 Å². The fraction of sp³-hybridized carbons (Fsp3) is 0.639. The molecule has 3 heterocycles. The van der Waals surface area contributed by atoms with Crippen molar-refractivity contribution in [2.24, 2.45) is 23.7 Å². The molecule has 1 spiro atoms. The Kier molecular flexibility index (Phi) is 10.9. The van der Waals surface area contributed by atoms with Crippen LogP contribution < -0.4 is 9.64 Å². The van der Waals surface area contributed by atoms with Crippen molar-refractivity contribution in [2.75, 3.05) is 37.7 Å². The van der Waals surface area contributed by atoms with Crippen molar-refractivity contribution in [1.82, 2.24) is 9.80 Å². The lowest BCUT2D eigenvalue weighted by molar-refractivity contribution is -0.156. The molecule has 8 atom stereocenters. The fourth-order valence-electron chi connectivity index (χ4n) is 7.98. The second kappa shape index (κ2) is 14.1. The smallest absolute Gasteiger partial charge is 0.248 e. The zero-order chi connectivity index (χ0) is 33.1. The predicted molar refractivity (Wildman–Crippen MR) is 176 cm³/mol. The second-order valence-electron chi connectivity index (χ2n) is 13.2. The maximum atomic E-state index is 14.8. The molecule has 3 unspecified atom stereocenters. The fourth-order valence-corrected chi connectivity index (χ4v) is 7.98. The summed E-state index contributed by atoms with van der Waals surface area (Å²) in [4.78, 5) is 49.3. The number of fused-ring (bicyclic) bond motifs is 1. The standard InChI is InChI=1S/C36H53N3O6/c1-9-14-21-37(19-10-2)34(43)31-36-22-25(7)35(8,45-36)29(30(36)33(42)39(31)28(23-40)24(6)12-4)32(41)38(20-11-3)26-15-17-27(18-16-26)44-13-5/h10-11,15-18,24-25,28-31,40H,2-3,9,12-14,19-23H2,1,4-8H3/t24-,25?,28-,29-,30-,31?,35+,36?/m0/s1. The highest BCUT2D eigenvalue weighted by Crippen LogP contribution is 2.66. The van der Waals surface area contributed by atoms with E-state index < -0.39 is 35.1 Å². The first kappa shape index (κ1) is 34.7. The molecule has 0 saturated carbocycles. The molecule has 45 heavy (non-hydrogen) atoms. The van der Waals surface area contributed by atoms with Crippen molar-refractivity contribution in [3.05, 3.63) is 49.6 Å². The molecule has 3 amide bonds. The van der Waals surface area contributed by atoms with Gasteiger partial charge in [0.05, 0.1) is 36.7 Å². The molecule has 248 valence electrons. The molecule has 1 aromatic rings. The summed E-state index contributed by atoms with van der Waals surface area (Å²) in [5.74, 6) is -1.92. The highest BCUT2D eigenvalue weighted by molar-refractivity contribution is 6.03. The maximum absolute atomic E-state index is 14.8. The summed E-state index contributed by atoms with van der Waals surface area (Å²) >= 11 is 0. The maximum Gasteiger partial charge on any atom is 0.248 e. The Hall–Kier alpha value is -3.17. The van der Waals surface area contributed by atoms with E-state index in [2.05, 4.69) is 20.1 Å². The minimum absolute atomic E-state index is 0.0755. The first-order valence-electron chi connectivity index (χ1n) is 16.7. The summed E-state index contributed by atoms with van der Waals surface area (Å²) in [5.41, 5.74) is -1.51. The normalized spacial score (nSPS) is 29.7. The molecule has 4 rings (SSSR count). The highest BCUT2D eigenvalue weighted by atomic mass is 16.5. The van der Waals surface area contributed by atoms with Gasteiger partial charge in [0, 0.05) is 25.3 Å². The number of carbonyl (C=O) groups is 3. The minimum Gasteiger partial charge on any atom is -0.494 e. The van der Waals surface area contributed by atoms with Crippen LogP contribution in [0.2, 0.25) is 0 Å². The van der Waals surface area contributed by atoms with Crippen LogP contribution in [0.3, 0.4) is 0 Å². The van der Waals surface area contributed by atoms with Crippen LogP contribution in [-0.4, -0.2) is 88.8 Å². The van der Waals surface area contributed by atoms with Gasteiger partial charge in [0.1, 0.15) is 17.4 Å². The average Bonchev–Trinajstić information content (AvgIpc) is 3.54. The second-order valence-corrected chi connectivity index (χ2v) is 13.2. The minimum atomic E-state index is -1.20. The van der Waals surface area contributed by atoms with E-state index in [1.165, 1.54) is 0 Å². The van der Waals surface area contributed by atoms with Gasteiger partial charge in [0.15, 0.2) is 0 Å². The van der Waals surface area contributed by atoms with Crippen molar-refractivity contribution < 1.29 is 29.0 Å². The van der Waals surface area contributed by atoms with Crippen LogP contribution >= 0.6 is 0 Å². The molecule has 1 aromatic carbocycles. The van der Waals surface area contributed by atoms with E-state index in [1.54, 1.807) is 26.9 Å². The van der Waals surface area contributed by atoms with Crippen LogP contribution in [-0.2, 0) is 19.1 Å². The summed E-state index contributed by atoms with van der Waals surface area (Å²) in [6, 6.07) is 5.77. The van der Waals surface area contributed by atoms with Crippen molar-refractivity contribution in [3.63, 3.8) is 0 Å². The summed E-state index contributed by atoms with van der Waals surface area (Å²) < 4.78 is 12.6. The highest BCUT2D eigenvalue weighted by Gasteiger charge is 2.80. The topological polar surface area (TPSA) is 99.6 Å². The molecule has 3 aliphatic heterocycles. The van der Waals surface area contributed by atoms with E-state index in [-0.39, 0.29) is 42.7 Å². The number of unbranched alkanes of at least 4 members (excludes halogenated alkanes) is 1. The molecule has 9 heteroatoms. The van der Waals surface area contributed by atoms with E-state index in [9.17, 15) is 19.5 Å². The Labute approximate surface area is 269 Å². The third-order valence-electron chi connectivity index (χ3n) is 10.6. The summed E-state index contributed by atoms with van der Waals surface area (Å²) in [5, 5.41) is 10.7. The summed E-state index contributed by atoms with van der Waals surface area (Å²) in [6.45, 7) is 21.1. The Morgan fingerprint density at radius 2 is 1.82 bits per heavy atom. The van der Waals surface area contributed by atoms with Crippen LogP contribution in [0.15, 0.2) is 49.6 Å². The number of rotatable bonds is 16. The van der Waals surface area contributed by atoms with Crippen molar-refractivity contribution in [2.45, 2.75) is 90.5 Å². The number of aliphatic hydroxyl groups is 1. The number of aliphatic hydroxyl groups excluding tert-OH is 1. The number of hydrogen-bond donors (Lipinski definition) is 1. The lowest BCUT2D eigenvalue weighted by Crippen LogP contribution is -2.60. The molecule has 2 bridgehead atoms. The number of amides is 3. The van der Waals surface area contributed by atoms with Gasteiger partial charge in [-0.3, -0.25) is 14.4 Å². The molecule has 0 aliphatic carbocycles. The van der Waals surface area contributed by atoms with Gasteiger partial charge < -0.3 is 29.3 Å². The third kappa shape index (κ3) is 5.82. The van der Waals surface area contributed by atoms with Crippen LogP contribution in [0.4, 0.5) is 5.69 Å². The van der Waals surface area contributed by atoms with Gasteiger partial charge in [0.25, 0.3) is 0 Å². The van der Waals surface area contributed by atoms with E-state index >= 15 is 0 Å². The number of ether oxygens (including phenoxy) is 2. The lowest BCUT2D eigenvalue weighted by Gasteiger charge is -2.41. The molecular weight excluding hydrogens is 570 g/mol. The Bertz CT molecular complexity index is 1250. The molecule has 0 aromatic heterocycles. The van der Waals surface area contributed by atoms with Crippen LogP contribution in [0.1, 0.15) is 67.2 Å². The lowest BCUT2D eigenvalue weighted by atomic mass is 9.62. The van der Waals surface area contributed by atoms with E-state index in [4.69, 9.17) is 9.47 Å². The van der Waals surface area contributed by atoms with E-state index in [0.717, 1.165) is 12.8 Å². The number of carbonyl (C=O) groups excluding carboxylic acids is 3. The Balaban J connectivity index is 1.85. The van der Waals surface area contributed by atoms with Gasteiger partial charge in [-0.25, -0.2) is 0 Å². The number of anilines is 1. The molecule has 3 fully saturated rings. The Morgan fingerprint density at radius 1 is 1.16 bits per heavy atom. The number of nitrogens with zero attached hydrogens (tertiary/aromatic N) is 3. The van der Waals surface area contributed by atoms with E-state index in [1.807, 2.05) is 58.9 Å². The molecular formula is C36H53N3O6. The summed E-state index contributed by atoms with van der Waals surface area (Å²) in [6.07, 6.45) is 6.26. The molecule has 0 radical (unpaired) electrons. The van der Waals surface area contributed by atoms with Crippen LogP contribution in [0.5, 0.6) is 5.75 Å². The molecule has 1 N–H and O–H groups in total. The van der Waals surface area contributed by atoms with Gasteiger partial charge in [-0.2, -0.15) is 0 Å². The first-order valence-corrected chi connectivity index (χ1v) is 16.7. The number of benzene rings is 1. The van der Waals surface area contributed by atoms with E-state index in [0.29, 0.717) is 44.0 Å². The summed E-state index contributed by atoms with van der Waals surface area (Å²) in [7, 11) is 0. The van der Waals surface area contributed by atoms with Gasteiger partial charge in [-0.1, -0.05) is 52.7 Å².